The van der Waals surface area contributed by atoms with Crippen molar-refractivity contribution in [3.05, 3.63) is 29.3 Å². The number of amides is 2. The van der Waals surface area contributed by atoms with Crippen molar-refractivity contribution in [1.29, 1.82) is 5.26 Å². The molecule has 6 heteroatoms. The molecule has 3 aliphatic rings. The Labute approximate surface area is 140 Å². The van der Waals surface area contributed by atoms with Crippen LogP contribution in [-0.2, 0) is 0 Å². The van der Waals surface area contributed by atoms with Crippen molar-refractivity contribution in [3.63, 3.8) is 0 Å². The largest absolute Gasteiger partial charge is 0.470 e. The van der Waals surface area contributed by atoms with E-state index in [0.717, 1.165) is 32.2 Å². The molecule has 0 N–H and O–H groups in total. The molecule has 0 aliphatic carbocycles. The first-order valence-corrected chi connectivity index (χ1v) is 8.48. The maximum atomic E-state index is 12.7. The molecule has 3 aliphatic heterocycles. The molecule has 0 spiro atoms. The van der Waals surface area contributed by atoms with Gasteiger partial charge in [0.15, 0.2) is 6.23 Å². The zero-order chi connectivity index (χ0) is 16.7. The molecule has 1 unspecified atom stereocenters. The van der Waals surface area contributed by atoms with Gasteiger partial charge in [-0.25, -0.2) is 0 Å². The van der Waals surface area contributed by atoms with Gasteiger partial charge in [-0.05, 0) is 37.5 Å². The van der Waals surface area contributed by atoms with Crippen molar-refractivity contribution in [3.8, 4) is 11.8 Å². The summed E-state index contributed by atoms with van der Waals surface area (Å²) in [4.78, 5) is 28.7. The van der Waals surface area contributed by atoms with Crippen molar-refractivity contribution in [2.75, 3.05) is 19.6 Å². The van der Waals surface area contributed by atoms with E-state index in [1.807, 2.05) is 0 Å². The van der Waals surface area contributed by atoms with E-state index >= 15 is 0 Å². The summed E-state index contributed by atoms with van der Waals surface area (Å²) in [6.07, 6.45) is 3.04. The number of likely N-dealkylation sites (tertiary alicyclic amines) is 1. The first-order chi connectivity index (χ1) is 11.7. The number of nitrogens with zero attached hydrogens (tertiary/aromatic N) is 3. The fourth-order valence-corrected chi connectivity index (χ4v) is 3.72. The number of fused-ring (bicyclic) bond motifs is 2. The predicted octanol–water partition coefficient (Wildman–Crippen LogP) is 2.02. The Kier molecular flexibility index (Phi) is 3.64. The van der Waals surface area contributed by atoms with Gasteiger partial charge in [-0.15, -0.1) is 0 Å². The van der Waals surface area contributed by atoms with Gasteiger partial charge in [-0.1, -0.05) is 0 Å². The Bertz CT molecular complexity index is 732. The van der Waals surface area contributed by atoms with Gasteiger partial charge in [0, 0.05) is 37.5 Å². The van der Waals surface area contributed by atoms with Crippen LogP contribution in [0.2, 0.25) is 0 Å². The van der Waals surface area contributed by atoms with Gasteiger partial charge in [0.05, 0.1) is 11.6 Å². The smallest absolute Gasteiger partial charge is 0.260 e. The predicted molar refractivity (Wildman–Crippen MR) is 85.4 cm³/mol. The third-order valence-corrected chi connectivity index (χ3v) is 5.15. The van der Waals surface area contributed by atoms with Gasteiger partial charge in [-0.2, -0.15) is 5.26 Å². The average Bonchev–Trinajstić information content (AvgIpc) is 3.09. The summed E-state index contributed by atoms with van der Waals surface area (Å²) in [6, 6.07) is 7.37. The van der Waals surface area contributed by atoms with Crippen molar-refractivity contribution < 1.29 is 14.3 Å². The van der Waals surface area contributed by atoms with Gasteiger partial charge >= 0.3 is 0 Å². The van der Waals surface area contributed by atoms with Crippen LogP contribution in [0.4, 0.5) is 0 Å². The molecule has 2 amide bonds. The normalized spacial score (nSPS) is 23.3. The Morgan fingerprint density at radius 2 is 2.00 bits per heavy atom. The molecule has 0 radical (unpaired) electrons. The third kappa shape index (κ3) is 2.41. The second-order valence-electron chi connectivity index (χ2n) is 6.62. The van der Waals surface area contributed by atoms with E-state index in [2.05, 4.69) is 6.07 Å². The van der Waals surface area contributed by atoms with E-state index < -0.39 is 0 Å². The summed E-state index contributed by atoms with van der Waals surface area (Å²) in [6.45, 7) is 1.94. The van der Waals surface area contributed by atoms with E-state index in [0.29, 0.717) is 30.0 Å². The van der Waals surface area contributed by atoms with Crippen LogP contribution in [0.3, 0.4) is 0 Å². The highest BCUT2D eigenvalue weighted by Crippen LogP contribution is 2.34. The Hall–Kier alpha value is -2.55. The highest BCUT2D eigenvalue weighted by Gasteiger charge is 2.37. The number of nitriles is 1. The van der Waals surface area contributed by atoms with Crippen LogP contribution in [0, 0.1) is 17.2 Å². The van der Waals surface area contributed by atoms with Crippen LogP contribution in [0.25, 0.3) is 0 Å². The number of carbonyl (C=O) groups excluding carboxylic acids is 2. The quantitative estimate of drug-likeness (QED) is 0.792. The third-order valence-electron chi connectivity index (χ3n) is 5.15. The summed E-state index contributed by atoms with van der Waals surface area (Å²) >= 11 is 0. The van der Waals surface area contributed by atoms with Crippen LogP contribution in [0.5, 0.6) is 5.75 Å². The van der Waals surface area contributed by atoms with Crippen LogP contribution in [-0.4, -0.2) is 47.5 Å². The number of rotatable bonds is 1. The van der Waals surface area contributed by atoms with Gasteiger partial charge in [0.1, 0.15) is 5.75 Å². The van der Waals surface area contributed by atoms with E-state index in [9.17, 15) is 9.59 Å². The van der Waals surface area contributed by atoms with Gasteiger partial charge in [0.2, 0.25) is 0 Å². The molecule has 24 heavy (non-hydrogen) atoms. The van der Waals surface area contributed by atoms with E-state index in [-0.39, 0.29) is 24.0 Å². The fraction of sp³-hybridized carbons (Fsp3) is 0.500. The lowest BCUT2D eigenvalue weighted by Gasteiger charge is -2.32. The lowest BCUT2D eigenvalue weighted by atomic mass is 9.97. The first-order valence-electron chi connectivity index (χ1n) is 8.48. The lowest BCUT2D eigenvalue weighted by molar-refractivity contribution is 0.0292. The van der Waals surface area contributed by atoms with Crippen molar-refractivity contribution in [1.82, 2.24) is 9.80 Å². The number of hydrogen-bond acceptors (Lipinski definition) is 4. The zero-order valence-electron chi connectivity index (χ0n) is 13.4. The number of hydrogen-bond donors (Lipinski definition) is 0. The molecule has 4 rings (SSSR count). The molecule has 1 aromatic rings. The van der Waals surface area contributed by atoms with E-state index in [4.69, 9.17) is 10.00 Å². The molecule has 3 heterocycles. The van der Waals surface area contributed by atoms with Crippen LogP contribution in [0.1, 0.15) is 46.4 Å². The van der Waals surface area contributed by atoms with Gasteiger partial charge in [0.25, 0.3) is 11.8 Å². The van der Waals surface area contributed by atoms with E-state index in [1.165, 1.54) is 0 Å². The number of benzene rings is 1. The Morgan fingerprint density at radius 3 is 2.75 bits per heavy atom. The second-order valence-corrected chi connectivity index (χ2v) is 6.62. The molecule has 6 nitrogen and oxygen atoms in total. The average molecular weight is 325 g/mol. The van der Waals surface area contributed by atoms with Gasteiger partial charge < -0.3 is 14.5 Å². The topological polar surface area (TPSA) is 73.6 Å². The molecular formula is C18H19N3O3. The maximum Gasteiger partial charge on any atom is 0.260 e. The lowest BCUT2D eigenvalue weighted by Crippen LogP contribution is -2.43. The van der Waals surface area contributed by atoms with Crippen LogP contribution in [0.15, 0.2) is 18.2 Å². The van der Waals surface area contributed by atoms with Crippen LogP contribution < -0.4 is 4.74 Å². The summed E-state index contributed by atoms with van der Waals surface area (Å²) in [5.74, 6) is 0.500. The minimum Gasteiger partial charge on any atom is -0.470 e. The number of ether oxygens (including phenoxy) is 1. The van der Waals surface area contributed by atoms with Gasteiger partial charge in [-0.3, -0.25) is 9.59 Å². The molecule has 0 bridgehead atoms. The first kappa shape index (κ1) is 15.0. The molecule has 2 saturated heterocycles. The summed E-state index contributed by atoms with van der Waals surface area (Å²) in [5, 5.41) is 8.96. The minimum atomic E-state index is -0.193. The molecule has 2 fully saturated rings. The second kappa shape index (κ2) is 5.82. The van der Waals surface area contributed by atoms with Crippen molar-refractivity contribution in [2.24, 2.45) is 5.92 Å². The maximum absolute atomic E-state index is 12.7. The molecule has 1 atom stereocenters. The minimum absolute atomic E-state index is 0.00687. The highest BCUT2D eigenvalue weighted by molar-refractivity contribution is 6.01. The Balaban J connectivity index is 1.55. The highest BCUT2D eigenvalue weighted by atomic mass is 16.5. The number of piperidine rings is 1. The molecule has 0 saturated carbocycles. The number of carbonyl (C=O) groups is 2. The van der Waals surface area contributed by atoms with Crippen molar-refractivity contribution in [2.45, 2.75) is 31.9 Å². The zero-order valence-corrected chi connectivity index (χ0v) is 13.4. The van der Waals surface area contributed by atoms with E-state index in [1.54, 1.807) is 28.0 Å². The molecule has 0 aromatic heterocycles. The molecular weight excluding hydrogens is 306 g/mol. The monoisotopic (exact) mass is 325 g/mol. The SMILES string of the molecule is N#CC1CCN(C(=O)c2ccc3c(c2)OC2CCCN2C3=O)CC1. The van der Waals surface area contributed by atoms with Crippen LogP contribution >= 0.6 is 0 Å². The summed E-state index contributed by atoms with van der Waals surface area (Å²) in [5.41, 5.74) is 1.08. The molecule has 124 valence electrons. The molecule has 1 aromatic carbocycles. The fourth-order valence-electron chi connectivity index (χ4n) is 3.72. The summed E-state index contributed by atoms with van der Waals surface area (Å²) < 4.78 is 5.93. The van der Waals surface area contributed by atoms with Crippen molar-refractivity contribution >= 4 is 11.8 Å². The Morgan fingerprint density at radius 1 is 1.21 bits per heavy atom. The standard InChI is InChI=1S/C18H19N3O3/c19-11-12-5-8-20(9-6-12)17(22)13-3-4-14-15(10-13)24-16-2-1-7-21(16)18(14)23/h3-4,10,12,16H,1-2,5-9H2. The summed E-state index contributed by atoms with van der Waals surface area (Å²) in [7, 11) is 0.